The maximum absolute atomic E-state index is 14.9. The zero-order valence-electron chi connectivity index (χ0n) is 22.1. The van der Waals surface area contributed by atoms with Crippen molar-refractivity contribution in [2.24, 2.45) is 0 Å². The van der Waals surface area contributed by atoms with E-state index in [0.29, 0.717) is 22.4 Å². The smallest absolute Gasteiger partial charge is 0.249 e. The number of allylic oxidation sites excluding steroid dienone is 3. The Kier molecular flexibility index (Phi) is 6.90. The van der Waals surface area contributed by atoms with Crippen molar-refractivity contribution in [1.29, 1.82) is 0 Å². The van der Waals surface area contributed by atoms with E-state index in [4.69, 9.17) is 11.6 Å². The molecule has 0 aromatic carbocycles. The lowest BCUT2D eigenvalue weighted by Crippen LogP contribution is -2.42. The molecule has 3 aromatic rings. The molecule has 1 amide bonds. The summed E-state index contributed by atoms with van der Waals surface area (Å²) in [6.07, 6.45) is 14.2. The first kappa shape index (κ1) is 26.9. The molecule has 0 spiro atoms. The molecule has 1 saturated carbocycles. The summed E-state index contributed by atoms with van der Waals surface area (Å²) in [4.78, 5) is 27.3. The van der Waals surface area contributed by atoms with Crippen molar-refractivity contribution in [3.05, 3.63) is 59.8 Å². The number of rotatable bonds is 6. The van der Waals surface area contributed by atoms with Crippen molar-refractivity contribution in [2.75, 3.05) is 11.9 Å². The molecule has 1 unspecified atom stereocenters. The van der Waals surface area contributed by atoms with Gasteiger partial charge in [0.15, 0.2) is 23.1 Å². The van der Waals surface area contributed by atoms with Gasteiger partial charge < -0.3 is 10.2 Å². The average Bonchev–Trinajstić information content (AvgIpc) is 3.54. The van der Waals surface area contributed by atoms with Gasteiger partial charge in [-0.05, 0) is 69.7 Å². The maximum atomic E-state index is 14.9. The number of carbonyl (C=O) groups is 1. The zero-order valence-corrected chi connectivity index (χ0v) is 23.6. The van der Waals surface area contributed by atoms with Crippen LogP contribution in [0.5, 0.6) is 0 Å². The van der Waals surface area contributed by atoms with Crippen LogP contribution in [0.4, 0.5) is 10.2 Å². The van der Waals surface area contributed by atoms with Gasteiger partial charge in [0, 0.05) is 53.4 Å². The Morgan fingerprint density at radius 3 is 2.85 bits per heavy atom. The van der Waals surface area contributed by atoms with Gasteiger partial charge in [-0.3, -0.25) is 4.79 Å². The topological polar surface area (TPSA) is 110 Å². The zero-order chi connectivity index (χ0) is 28.1. The average molecular weight is 585 g/mol. The van der Waals surface area contributed by atoms with Gasteiger partial charge in [0.25, 0.3) is 0 Å². The minimum absolute atomic E-state index is 0.0511. The van der Waals surface area contributed by atoms with E-state index in [1.165, 1.54) is 18.5 Å². The number of pyridine rings is 1. The van der Waals surface area contributed by atoms with Crippen LogP contribution in [0, 0.1) is 5.82 Å². The van der Waals surface area contributed by atoms with E-state index in [2.05, 4.69) is 20.3 Å². The van der Waals surface area contributed by atoms with Crippen molar-refractivity contribution in [1.82, 2.24) is 23.8 Å². The van der Waals surface area contributed by atoms with Crippen LogP contribution in [-0.4, -0.2) is 61.5 Å². The fraction of sp³-hybridized carbons (Fsp3) is 0.429. The second-order valence-electron chi connectivity index (χ2n) is 10.9. The van der Waals surface area contributed by atoms with Gasteiger partial charge in [-0.2, -0.15) is 0 Å². The number of hydrogen-bond acceptors (Lipinski definition) is 7. The molecule has 210 valence electrons. The molecule has 3 aliphatic rings. The summed E-state index contributed by atoms with van der Waals surface area (Å²) in [5, 5.41) is 4.11. The van der Waals surface area contributed by atoms with Crippen molar-refractivity contribution >= 4 is 44.4 Å². The lowest BCUT2D eigenvalue weighted by molar-refractivity contribution is -0.130. The number of aromatic nitrogens is 4. The van der Waals surface area contributed by atoms with Gasteiger partial charge in [0.05, 0.1) is 6.20 Å². The van der Waals surface area contributed by atoms with E-state index < -0.39 is 20.6 Å². The number of amides is 1. The highest BCUT2D eigenvalue weighted by Gasteiger charge is 2.41. The molecular weight excluding hydrogens is 555 g/mol. The maximum Gasteiger partial charge on any atom is 0.249 e. The van der Waals surface area contributed by atoms with Gasteiger partial charge in [-0.15, -0.1) is 0 Å². The molecule has 2 aliphatic carbocycles. The Balaban J connectivity index is 1.34. The van der Waals surface area contributed by atoms with E-state index in [1.54, 1.807) is 31.2 Å². The first-order valence-electron chi connectivity index (χ1n) is 13.5. The SMILES string of the molecule is CC1(S(=O)(=O)n2cc(-c3ncc(F)c(N[C@H]4CCC[C@@H](N5CCCC5=O)C4)n3)c3cccnc32)C=C(Cl)C=CC1. The predicted molar refractivity (Wildman–Crippen MR) is 152 cm³/mol. The van der Waals surface area contributed by atoms with Gasteiger partial charge in [-0.25, -0.2) is 31.7 Å². The lowest BCUT2D eigenvalue weighted by Gasteiger charge is -2.35. The molecule has 2 fully saturated rings. The van der Waals surface area contributed by atoms with E-state index in [-0.39, 0.29) is 41.7 Å². The normalized spacial score (nSPS) is 25.4. The quantitative estimate of drug-likeness (QED) is 0.434. The van der Waals surface area contributed by atoms with Crippen LogP contribution in [0.15, 0.2) is 54.0 Å². The standard InChI is InChI=1S/C28H30ClFN6O3S/c1-28(11-3-6-18(29)15-28)40(38,39)36-17-22(21-9-4-12-31-27(21)36)25-32-16-23(30)26(34-25)33-19-7-2-8-20(14-19)35-13-5-10-24(35)37/h3-4,6,9,12,15-17,19-20H,2,5,7-8,10-11,13-14H2,1H3,(H,32,33,34)/t19-,20+,28?/m0/s1. The molecule has 4 heterocycles. The molecule has 40 heavy (non-hydrogen) atoms. The molecule has 3 aromatic heterocycles. The first-order valence-corrected chi connectivity index (χ1v) is 15.3. The first-order chi connectivity index (χ1) is 19.2. The number of fused-ring (bicyclic) bond motifs is 1. The van der Waals surface area contributed by atoms with Crippen LogP contribution in [0.25, 0.3) is 22.4 Å². The Hall–Kier alpha value is -3.31. The fourth-order valence-electron chi connectivity index (χ4n) is 6.03. The van der Waals surface area contributed by atoms with Crippen LogP contribution < -0.4 is 5.32 Å². The second kappa shape index (κ2) is 10.3. The minimum atomic E-state index is -4.00. The largest absolute Gasteiger partial charge is 0.365 e. The van der Waals surface area contributed by atoms with Crippen LogP contribution >= 0.6 is 11.6 Å². The number of nitrogens with zero attached hydrogens (tertiary/aromatic N) is 5. The molecule has 1 N–H and O–H groups in total. The monoisotopic (exact) mass is 584 g/mol. The molecule has 1 aliphatic heterocycles. The number of halogens is 2. The van der Waals surface area contributed by atoms with Crippen LogP contribution in [-0.2, 0) is 14.8 Å². The highest BCUT2D eigenvalue weighted by Crippen LogP contribution is 2.37. The Bertz CT molecular complexity index is 1650. The molecule has 9 nitrogen and oxygen atoms in total. The number of likely N-dealkylation sites (tertiary alicyclic amines) is 1. The number of anilines is 1. The van der Waals surface area contributed by atoms with E-state index in [1.807, 2.05) is 4.90 Å². The summed E-state index contributed by atoms with van der Waals surface area (Å²) in [5.41, 5.74) is 0.648. The third-order valence-electron chi connectivity index (χ3n) is 8.15. The van der Waals surface area contributed by atoms with Crippen molar-refractivity contribution in [2.45, 2.75) is 68.7 Å². The molecule has 3 atom stereocenters. The second-order valence-corrected chi connectivity index (χ2v) is 13.6. The van der Waals surface area contributed by atoms with Crippen molar-refractivity contribution in [3.63, 3.8) is 0 Å². The van der Waals surface area contributed by atoms with Crippen molar-refractivity contribution < 1.29 is 17.6 Å². The van der Waals surface area contributed by atoms with E-state index in [0.717, 1.165) is 48.8 Å². The van der Waals surface area contributed by atoms with E-state index in [9.17, 15) is 17.6 Å². The number of hydrogen-bond donors (Lipinski definition) is 1. The third-order valence-corrected chi connectivity index (χ3v) is 10.6. The van der Waals surface area contributed by atoms with Crippen LogP contribution in [0.1, 0.15) is 51.9 Å². The predicted octanol–water partition coefficient (Wildman–Crippen LogP) is 5.00. The Morgan fingerprint density at radius 1 is 1.23 bits per heavy atom. The molecule has 0 bridgehead atoms. The summed E-state index contributed by atoms with van der Waals surface area (Å²) in [6.45, 7) is 2.40. The molecule has 0 radical (unpaired) electrons. The minimum Gasteiger partial charge on any atom is -0.365 e. The third kappa shape index (κ3) is 4.68. The Labute approximate surface area is 237 Å². The fourth-order valence-corrected chi connectivity index (χ4v) is 8.07. The number of carbonyl (C=O) groups excluding carboxylic acids is 1. The van der Waals surface area contributed by atoms with E-state index >= 15 is 0 Å². The summed E-state index contributed by atoms with van der Waals surface area (Å²) in [7, 11) is -4.00. The highest BCUT2D eigenvalue weighted by molar-refractivity contribution is 7.91. The van der Waals surface area contributed by atoms with Gasteiger partial charge in [0.2, 0.25) is 15.9 Å². The van der Waals surface area contributed by atoms with Gasteiger partial charge >= 0.3 is 0 Å². The summed E-state index contributed by atoms with van der Waals surface area (Å²) in [5.74, 6) is -0.175. The molecule has 6 rings (SSSR count). The Morgan fingerprint density at radius 2 is 2.08 bits per heavy atom. The van der Waals surface area contributed by atoms with Gasteiger partial charge in [0.1, 0.15) is 4.75 Å². The molecular formula is C28H30ClFN6O3S. The van der Waals surface area contributed by atoms with Gasteiger partial charge in [-0.1, -0.05) is 17.7 Å². The van der Waals surface area contributed by atoms with Crippen LogP contribution in [0.2, 0.25) is 0 Å². The number of nitrogens with one attached hydrogen (secondary N) is 1. The highest BCUT2D eigenvalue weighted by atomic mass is 35.5. The summed E-state index contributed by atoms with van der Waals surface area (Å²) in [6, 6.07) is 3.53. The van der Waals surface area contributed by atoms with Crippen LogP contribution in [0.3, 0.4) is 0 Å². The van der Waals surface area contributed by atoms with Crippen molar-refractivity contribution in [3.8, 4) is 11.4 Å². The molecule has 1 saturated heterocycles. The summed E-state index contributed by atoms with van der Waals surface area (Å²) < 4.78 is 42.6. The lowest BCUT2D eigenvalue weighted by atomic mass is 9.90. The molecule has 12 heteroatoms. The summed E-state index contributed by atoms with van der Waals surface area (Å²) >= 11 is 6.18.